The number of esters is 1. The molecular formula is C20H20O6. The average Bonchev–Trinajstić information content (AvgIpc) is 2.65. The van der Waals surface area contributed by atoms with E-state index in [1.54, 1.807) is 42.5 Å². The molecule has 0 heterocycles. The number of hydrogen-bond acceptors (Lipinski definition) is 6. The molecule has 26 heavy (non-hydrogen) atoms. The molecule has 0 aromatic heterocycles. The fourth-order valence-electron chi connectivity index (χ4n) is 2.25. The van der Waals surface area contributed by atoms with E-state index in [0.29, 0.717) is 28.4 Å². The van der Waals surface area contributed by atoms with E-state index >= 15 is 0 Å². The van der Waals surface area contributed by atoms with Crippen LogP contribution in [0.3, 0.4) is 0 Å². The van der Waals surface area contributed by atoms with Crippen molar-refractivity contribution in [2.75, 3.05) is 21.3 Å². The highest BCUT2D eigenvalue weighted by atomic mass is 16.6. The van der Waals surface area contributed by atoms with E-state index in [0.717, 1.165) is 0 Å². The van der Waals surface area contributed by atoms with Gasteiger partial charge in [-0.1, -0.05) is 12.1 Å². The highest BCUT2D eigenvalue weighted by Crippen LogP contribution is 2.29. The number of allylic oxidation sites excluding steroid dienone is 1. The van der Waals surface area contributed by atoms with Gasteiger partial charge in [-0.15, -0.1) is 0 Å². The van der Waals surface area contributed by atoms with Crippen LogP contribution in [0.2, 0.25) is 0 Å². The van der Waals surface area contributed by atoms with Gasteiger partial charge in [0, 0.05) is 18.6 Å². The molecule has 0 amide bonds. The zero-order chi connectivity index (χ0) is 19.1. The quantitative estimate of drug-likeness (QED) is 0.327. The lowest BCUT2D eigenvalue weighted by Crippen LogP contribution is -2.03. The van der Waals surface area contributed by atoms with Crippen molar-refractivity contribution in [2.24, 2.45) is 0 Å². The van der Waals surface area contributed by atoms with Crippen LogP contribution in [0.25, 0.3) is 6.08 Å². The Hall–Kier alpha value is -3.28. The summed E-state index contributed by atoms with van der Waals surface area (Å²) in [6, 6.07) is 9.99. The first-order chi connectivity index (χ1) is 12.5. The molecule has 0 radical (unpaired) electrons. The first-order valence-electron chi connectivity index (χ1n) is 7.78. The Balaban J connectivity index is 2.26. The largest absolute Gasteiger partial charge is 0.497 e. The van der Waals surface area contributed by atoms with Crippen molar-refractivity contribution in [3.8, 4) is 23.0 Å². The molecule has 0 saturated carbocycles. The number of methoxy groups -OCH3 is 3. The molecule has 0 atom stereocenters. The lowest BCUT2D eigenvalue weighted by molar-refractivity contribution is -0.132. The fourth-order valence-corrected chi connectivity index (χ4v) is 2.25. The second-order valence-electron chi connectivity index (χ2n) is 5.30. The molecule has 2 aromatic rings. The normalized spacial score (nSPS) is 10.5. The van der Waals surface area contributed by atoms with Gasteiger partial charge < -0.3 is 18.9 Å². The van der Waals surface area contributed by atoms with Crippen molar-refractivity contribution >= 4 is 17.8 Å². The van der Waals surface area contributed by atoms with Gasteiger partial charge in [-0.25, -0.2) is 0 Å². The average molecular weight is 356 g/mol. The highest BCUT2D eigenvalue weighted by molar-refractivity contribution is 6.07. The summed E-state index contributed by atoms with van der Waals surface area (Å²) >= 11 is 0. The number of ketones is 1. The molecule has 6 nitrogen and oxygen atoms in total. The molecule has 136 valence electrons. The third-order valence-electron chi connectivity index (χ3n) is 3.50. The van der Waals surface area contributed by atoms with Crippen LogP contribution in [0.5, 0.6) is 23.0 Å². The summed E-state index contributed by atoms with van der Waals surface area (Å²) in [5.74, 6) is 1.11. The van der Waals surface area contributed by atoms with Crippen LogP contribution in [0.15, 0.2) is 42.5 Å². The molecule has 0 N–H and O–H groups in total. The Morgan fingerprint density at radius 1 is 0.846 bits per heavy atom. The van der Waals surface area contributed by atoms with E-state index in [2.05, 4.69) is 0 Å². The Morgan fingerprint density at radius 3 is 2.04 bits per heavy atom. The van der Waals surface area contributed by atoms with E-state index in [-0.39, 0.29) is 11.5 Å². The third kappa shape index (κ3) is 4.86. The number of carbonyl (C=O) groups is 2. The first kappa shape index (κ1) is 19.1. The number of ether oxygens (including phenoxy) is 4. The highest BCUT2D eigenvalue weighted by Gasteiger charge is 2.09. The first-order valence-corrected chi connectivity index (χ1v) is 7.78. The van der Waals surface area contributed by atoms with Crippen LogP contribution in [0.1, 0.15) is 22.8 Å². The number of benzene rings is 2. The lowest BCUT2D eigenvalue weighted by atomic mass is 10.1. The molecule has 0 unspecified atom stereocenters. The minimum atomic E-state index is -0.455. The van der Waals surface area contributed by atoms with Crippen LogP contribution in [0.4, 0.5) is 0 Å². The van der Waals surface area contributed by atoms with Crippen molar-refractivity contribution in [1.29, 1.82) is 0 Å². The molecule has 0 bridgehead atoms. The van der Waals surface area contributed by atoms with E-state index in [4.69, 9.17) is 18.9 Å². The summed E-state index contributed by atoms with van der Waals surface area (Å²) in [7, 11) is 4.52. The van der Waals surface area contributed by atoms with Gasteiger partial charge in [0.15, 0.2) is 17.3 Å². The van der Waals surface area contributed by atoms with Gasteiger partial charge in [-0.2, -0.15) is 0 Å². The van der Waals surface area contributed by atoms with Crippen LogP contribution in [0, 0.1) is 0 Å². The minimum Gasteiger partial charge on any atom is -0.497 e. The Morgan fingerprint density at radius 2 is 1.50 bits per heavy atom. The van der Waals surface area contributed by atoms with Crippen molar-refractivity contribution in [2.45, 2.75) is 6.92 Å². The van der Waals surface area contributed by atoms with Crippen molar-refractivity contribution < 1.29 is 28.5 Å². The number of hydrogen-bond donors (Lipinski definition) is 0. The fraction of sp³-hybridized carbons (Fsp3) is 0.200. The Kier molecular flexibility index (Phi) is 6.38. The van der Waals surface area contributed by atoms with Gasteiger partial charge >= 0.3 is 5.97 Å². The van der Waals surface area contributed by atoms with Gasteiger partial charge in [0.25, 0.3) is 0 Å². The van der Waals surface area contributed by atoms with E-state index in [1.807, 2.05) is 0 Å². The van der Waals surface area contributed by atoms with Crippen LogP contribution >= 0.6 is 0 Å². The molecule has 0 fully saturated rings. The van der Waals surface area contributed by atoms with Crippen molar-refractivity contribution in [3.05, 3.63) is 53.6 Å². The maximum absolute atomic E-state index is 12.4. The van der Waals surface area contributed by atoms with Crippen molar-refractivity contribution in [1.82, 2.24) is 0 Å². The van der Waals surface area contributed by atoms with Crippen LogP contribution in [-0.2, 0) is 4.79 Å². The van der Waals surface area contributed by atoms with E-state index < -0.39 is 5.97 Å². The van der Waals surface area contributed by atoms with E-state index in [9.17, 15) is 9.59 Å². The number of rotatable bonds is 7. The molecule has 2 rings (SSSR count). The van der Waals surface area contributed by atoms with Gasteiger partial charge in [0.1, 0.15) is 11.5 Å². The molecule has 0 aliphatic rings. The topological polar surface area (TPSA) is 71.1 Å². The predicted octanol–water partition coefficient (Wildman–Crippen LogP) is 3.53. The molecular weight excluding hydrogens is 336 g/mol. The maximum atomic E-state index is 12.4. The summed E-state index contributed by atoms with van der Waals surface area (Å²) in [5.41, 5.74) is 1.12. The zero-order valence-electron chi connectivity index (χ0n) is 15.1. The van der Waals surface area contributed by atoms with Crippen molar-refractivity contribution in [3.63, 3.8) is 0 Å². The molecule has 0 aliphatic heterocycles. The number of carbonyl (C=O) groups excluding carboxylic acids is 2. The van der Waals surface area contributed by atoms with Gasteiger partial charge in [-0.05, 0) is 35.9 Å². The Labute approximate surface area is 151 Å². The summed E-state index contributed by atoms with van der Waals surface area (Å²) in [6.07, 6.45) is 3.05. The standard InChI is InChI=1S/C20H20O6/c1-13(21)26-20-9-14(6-8-19(20)25-4)5-7-18(22)15-10-16(23-2)12-17(11-15)24-3/h5-12H,1-4H3/b7-5+. The van der Waals surface area contributed by atoms with E-state index in [1.165, 1.54) is 34.3 Å². The third-order valence-corrected chi connectivity index (χ3v) is 3.50. The summed E-state index contributed by atoms with van der Waals surface area (Å²) in [6.45, 7) is 1.31. The lowest BCUT2D eigenvalue weighted by Gasteiger charge is -2.08. The second-order valence-corrected chi connectivity index (χ2v) is 5.30. The smallest absolute Gasteiger partial charge is 0.308 e. The Bertz CT molecular complexity index is 816. The predicted molar refractivity (Wildman–Crippen MR) is 97.2 cm³/mol. The second kappa shape index (κ2) is 8.71. The summed E-state index contributed by atoms with van der Waals surface area (Å²) < 4.78 is 20.6. The van der Waals surface area contributed by atoms with Crippen LogP contribution in [-0.4, -0.2) is 33.1 Å². The molecule has 2 aromatic carbocycles. The zero-order valence-corrected chi connectivity index (χ0v) is 15.1. The SMILES string of the molecule is COc1cc(OC)cc(C(=O)/C=C/c2ccc(OC)c(OC(C)=O)c2)c1. The van der Waals surface area contributed by atoms with Crippen LogP contribution < -0.4 is 18.9 Å². The summed E-state index contributed by atoms with van der Waals surface area (Å²) in [4.78, 5) is 23.6. The van der Waals surface area contributed by atoms with Gasteiger partial charge in [0.05, 0.1) is 21.3 Å². The molecule has 0 saturated heterocycles. The minimum absolute atomic E-state index is 0.216. The van der Waals surface area contributed by atoms with Gasteiger partial charge in [-0.3, -0.25) is 9.59 Å². The van der Waals surface area contributed by atoms with Gasteiger partial charge in [0.2, 0.25) is 0 Å². The maximum Gasteiger partial charge on any atom is 0.308 e. The monoisotopic (exact) mass is 356 g/mol. The summed E-state index contributed by atoms with van der Waals surface area (Å²) in [5, 5.41) is 0. The molecule has 6 heteroatoms. The molecule has 0 aliphatic carbocycles. The molecule has 0 spiro atoms.